The Morgan fingerprint density at radius 2 is 2.21 bits per heavy atom. The number of nitrogens with one attached hydrogen (secondary N) is 2. The fourth-order valence-electron chi connectivity index (χ4n) is 2.30. The molecule has 0 atom stereocenters. The first-order valence-corrected chi connectivity index (χ1v) is 7.17. The van der Waals surface area contributed by atoms with E-state index in [2.05, 4.69) is 28.8 Å². The lowest BCUT2D eigenvalue weighted by atomic mass is 9.89. The Morgan fingerprint density at radius 1 is 1.42 bits per heavy atom. The molecule has 0 aliphatic carbocycles. The van der Waals surface area contributed by atoms with Crippen LogP contribution in [-0.2, 0) is 17.8 Å². The molecule has 0 radical (unpaired) electrons. The van der Waals surface area contributed by atoms with E-state index in [1.54, 1.807) is 0 Å². The molecule has 104 valence electrons. The SMILES string of the molecule is CCC(C)(C)C(=O)NCc1cccc2c1NCCC2. The van der Waals surface area contributed by atoms with Gasteiger partial charge in [-0.05, 0) is 30.4 Å². The fourth-order valence-corrected chi connectivity index (χ4v) is 2.30. The molecule has 1 heterocycles. The summed E-state index contributed by atoms with van der Waals surface area (Å²) in [7, 11) is 0. The third-order valence-corrected chi connectivity index (χ3v) is 4.10. The first-order valence-electron chi connectivity index (χ1n) is 7.17. The Morgan fingerprint density at radius 3 is 2.95 bits per heavy atom. The summed E-state index contributed by atoms with van der Waals surface area (Å²) < 4.78 is 0. The van der Waals surface area contributed by atoms with Gasteiger partial charge in [-0.1, -0.05) is 39.0 Å². The van der Waals surface area contributed by atoms with Crippen LogP contribution in [0.1, 0.15) is 44.7 Å². The van der Waals surface area contributed by atoms with Crippen LogP contribution in [0.2, 0.25) is 0 Å². The minimum atomic E-state index is -0.289. The van der Waals surface area contributed by atoms with Gasteiger partial charge in [-0.3, -0.25) is 4.79 Å². The van der Waals surface area contributed by atoms with Gasteiger partial charge >= 0.3 is 0 Å². The molecule has 0 saturated carbocycles. The third-order valence-electron chi connectivity index (χ3n) is 4.10. The minimum absolute atomic E-state index is 0.128. The van der Waals surface area contributed by atoms with Crippen molar-refractivity contribution < 1.29 is 4.79 Å². The number of aryl methyl sites for hydroxylation is 1. The average molecular weight is 260 g/mol. The summed E-state index contributed by atoms with van der Waals surface area (Å²) in [6, 6.07) is 6.34. The smallest absolute Gasteiger partial charge is 0.225 e. The first-order chi connectivity index (χ1) is 9.04. The van der Waals surface area contributed by atoms with E-state index < -0.39 is 0 Å². The van der Waals surface area contributed by atoms with Gasteiger partial charge in [0.15, 0.2) is 0 Å². The molecule has 1 aromatic rings. The summed E-state index contributed by atoms with van der Waals surface area (Å²) >= 11 is 0. The zero-order valence-electron chi connectivity index (χ0n) is 12.2. The standard InChI is InChI=1S/C16H24N2O/c1-4-16(2,3)15(19)18-11-13-8-5-7-12-9-6-10-17-14(12)13/h5,7-8,17H,4,6,9-11H2,1-3H3,(H,18,19). The van der Waals surface area contributed by atoms with E-state index in [-0.39, 0.29) is 11.3 Å². The topological polar surface area (TPSA) is 41.1 Å². The van der Waals surface area contributed by atoms with E-state index >= 15 is 0 Å². The molecular weight excluding hydrogens is 236 g/mol. The summed E-state index contributed by atoms with van der Waals surface area (Å²) in [4.78, 5) is 12.1. The maximum absolute atomic E-state index is 12.1. The Balaban J connectivity index is 2.06. The maximum Gasteiger partial charge on any atom is 0.225 e. The van der Waals surface area contributed by atoms with Gasteiger partial charge in [0.1, 0.15) is 0 Å². The van der Waals surface area contributed by atoms with E-state index in [0.29, 0.717) is 6.54 Å². The van der Waals surface area contributed by atoms with Crippen LogP contribution in [-0.4, -0.2) is 12.5 Å². The number of hydrogen-bond acceptors (Lipinski definition) is 2. The number of hydrogen-bond donors (Lipinski definition) is 2. The normalized spacial score (nSPS) is 14.5. The van der Waals surface area contributed by atoms with Crippen LogP contribution < -0.4 is 10.6 Å². The maximum atomic E-state index is 12.1. The van der Waals surface area contributed by atoms with Crippen LogP contribution in [0.15, 0.2) is 18.2 Å². The number of para-hydroxylation sites is 1. The summed E-state index contributed by atoms with van der Waals surface area (Å²) in [6.07, 6.45) is 3.17. The lowest BCUT2D eigenvalue weighted by Crippen LogP contribution is -2.36. The second kappa shape index (κ2) is 5.64. The highest BCUT2D eigenvalue weighted by atomic mass is 16.2. The van der Waals surface area contributed by atoms with Crippen LogP contribution in [0.3, 0.4) is 0 Å². The molecule has 3 nitrogen and oxygen atoms in total. The number of anilines is 1. The predicted octanol–water partition coefficient (Wildman–Crippen LogP) is 3.10. The van der Waals surface area contributed by atoms with Gasteiger partial charge < -0.3 is 10.6 Å². The van der Waals surface area contributed by atoms with Crippen LogP contribution in [0, 0.1) is 5.41 Å². The Kier molecular flexibility index (Phi) is 4.13. The first kappa shape index (κ1) is 13.9. The largest absolute Gasteiger partial charge is 0.385 e. The molecule has 0 saturated heterocycles. The minimum Gasteiger partial charge on any atom is -0.385 e. The second-order valence-corrected chi connectivity index (χ2v) is 5.90. The predicted molar refractivity (Wildman–Crippen MR) is 79.2 cm³/mol. The molecule has 0 aromatic heterocycles. The molecule has 3 heteroatoms. The van der Waals surface area contributed by atoms with Gasteiger partial charge in [-0.25, -0.2) is 0 Å². The number of carbonyl (C=O) groups is 1. The van der Waals surface area contributed by atoms with Crippen molar-refractivity contribution in [3.05, 3.63) is 29.3 Å². The molecule has 19 heavy (non-hydrogen) atoms. The Bertz CT molecular complexity index is 466. The van der Waals surface area contributed by atoms with Gasteiger partial charge in [0.25, 0.3) is 0 Å². The second-order valence-electron chi connectivity index (χ2n) is 5.90. The average Bonchev–Trinajstić information content (AvgIpc) is 2.44. The lowest BCUT2D eigenvalue weighted by molar-refractivity contribution is -0.129. The quantitative estimate of drug-likeness (QED) is 0.873. The number of benzene rings is 1. The fraction of sp³-hybridized carbons (Fsp3) is 0.562. The zero-order chi connectivity index (χ0) is 13.9. The highest BCUT2D eigenvalue weighted by molar-refractivity contribution is 5.81. The number of fused-ring (bicyclic) bond motifs is 1. The highest BCUT2D eigenvalue weighted by Crippen LogP contribution is 2.26. The molecule has 0 bridgehead atoms. The summed E-state index contributed by atoms with van der Waals surface area (Å²) in [6.45, 7) is 7.66. The number of carbonyl (C=O) groups excluding carboxylic acids is 1. The van der Waals surface area contributed by atoms with Crippen molar-refractivity contribution in [2.45, 2.75) is 46.6 Å². The van der Waals surface area contributed by atoms with Crippen LogP contribution in [0.25, 0.3) is 0 Å². The Labute approximate surface area is 115 Å². The summed E-state index contributed by atoms with van der Waals surface area (Å²) in [5.41, 5.74) is 3.50. The van der Waals surface area contributed by atoms with Crippen LogP contribution in [0.4, 0.5) is 5.69 Å². The van der Waals surface area contributed by atoms with Crippen molar-refractivity contribution in [3.63, 3.8) is 0 Å². The van der Waals surface area contributed by atoms with Crippen LogP contribution >= 0.6 is 0 Å². The van der Waals surface area contributed by atoms with Crippen molar-refractivity contribution in [2.24, 2.45) is 5.41 Å². The zero-order valence-corrected chi connectivity index (χ0v) is 12.2. The van der Waals surface area contributed by atoms with E-state index in [0.717, 1.165) is 19.4 Å². The van der Waals surface area contributed by atoms with Crippen molar-refractivity contribution in [1.29, 1.82) is 0 Å². The van der Waals surface area contributed by atoms with E-state index in [4.69, 9.17) is 0 Å². The molecule has 1 aromatic carbocycles. The van der Waals surface area contributed by atoms with Gasteiger partial charge in [0.2, 0.25) is 5.91 Å². The number of rotatable bonds is 4. The third kappa shape index (κ3) is 3.09. The molecule has 1 aliphatic rings. The monoisotopic (exact) mass is 260 g/mol. The molecule has 2 rings (SSSR count). The lowest BCUT2D eigenvalue weighted by Gasteiger charge is -2.24. The van der Waals surface area contributed by atoms with Crippen molar-refractivity contribution in [3.8, 4) is 0 Å². The summed E-state index contributed by atoms with van der Waals surface area (Å²) in [5.74, 6) is 0.128. The molecule has 1 aliphatic heterocycles. The van der Waals surface area contributed by atoms with Gasteiger partial charge in [-0.2, -0.15) is 0 Å². The molecule has 2 N–H and O–H groups in total. The Hall–Kier alpha value is -1.51. The van der Waals surface area contributed by atoms with Crippen molar-refractivity contribution >= 4 is 11.6 Å². The molecule has 0 unspecified atom stereocenters. The van der Waals surface area contributed by atoms with Crippen LogP contribution in [0.5, 0.6) is 0 Å². The summed E-state index contributed by atoms with van der Waals surface area (Å²) in [5, 5.41) is 6.52. The molecule has 0 fully saturated rings. The molecular formula is C16H24N2O. The molecule has 0 spiro atoms. The highest BCUT2D eigenvalue weighted by Gasteiger charge is 2.25. The van der Waals surface area contributed by atoms with Crippen molar-refractivity contribution in [1.82, 2.24) is 5.32 Å². The van der Waals surface area contributed by atoms with Crippen molar-refractivity contribution in [2.75, 3.05) is 11.9 Å². The molecule has 1 amide bonds. The van der Waals surface area contributed by atoms with E-state index in [1.165, 1.54) is 23.2 Å². The van der Waals surface area contributed by atoms with Gasteiger partial charge in [0, 0.05) is 24.2 Å². The van der Waals surface area contributed by atoms with E-state index in [9.17, 15) is 4.79 Å². The number of amides is 1. The van der Waals surface area contributed by atoms with Gasteiger partial charge in [0.05, 0.1) is 0 Å². The van der Waals surface area contributed by atoms with Gasteiger partial charge in [-0.15, -0.1) is 0 Å². The van der Waals surface area contributed by atoms with E-state index in [1.807, 2.05) is 20.8 Å².